The maximum Gasteiger partial charge on any atom is 0.349 e. The van der Waals surface area contributed by atoms with Gasteiger partial charge in [0.2, 0.25) is 0 Å². The summed E-state index contributed by atoms with van der Waals surface area (Å²) in [6.07, 6.45) is 0. The highest BCUT2D eigenvalue weighted by atomic mass is 32.2. The van der Waals surface area contributed by atoms with Gasteiger partial charge >= 0.3 is 5.97 Å². The van der Waals surface area contributed by atoms with E-state index in [0.29, 0.717) is 15.6 Å². The molecule has 0 unspecified atom stereocenters. The lowest BCUT2D eigenvalue weighted by atomic mass is 10.2. The van der Waals surface area contributed by atoms with E-state index in [2.05, 4.69) is 4.72 Å². The summed E-state index contributed by atoms with van der Waals surface area (Å²) in [5.41, 5.74) is 0.683. The Kier molecular flexibility index (Phi) is 4.97. The standard InChI is InChI=1S/C18H16FNO4S2/c1-3-24-18(21)16-17(13-6-4-5-7-15(13)25-16)26(22,23)20-14-10-12(19)9-8-11(14)2/h4-10,20H,3H2,1-2H3. The van der Waals surface area contributed by atoms with E-state index in [1.807, 2.05) is 0 Å². The van der Waals surface area contributed by atoms with E-state index in [1.54, 1.807) is 38.1 Å². The minimum Gasteiger partial charge on any atom is -0.462 e. The van der Waals surface area contributed by atoms with Crippen LogP contribution in [0.4, 0.5) is 10.1 Å². The van der Waals surface area contributed by atoms with Crippen LogP contribution in [0, 0.1) is 12.7 Å². The number of hydrogen-bond donors (Lipinski definition) is 1. The highest BCUT2D eigenvalue weighted by Crippen LogP contribution is 2.36. The number of nitrogens with one attached hydrogen (secondary N) is 1. The fourth-order valence-corrected chi connectivity index (χ4v) is 5.44. The molecule has 0 saturated heterocycles. The van der Waals surface area contributed by atoms with Gasteiger partial charge in [-0.15, -0.1) is 11.3 Å². The van der Waals surface area contributed by atoms with Gasteiger partial charge in [-0.2, -0.15) is 0 Å². The molecule has 26 heavy (non-hydrogen) atoms. The molecule has 1 heterocycles. The molecule has 0 amide bonds. The maximum atomic E-state index is 13.5. The molecule has 0 saturated carbocycles. The molecular formula is C18H16FNO4S2. The van der Waals surface area contributed by atoms with Crippen LogP contribution < -0.4 is 4.72 Å². The van der Waals surface area contributed by atoms with Crippen molar-refractivity contribution in [1.82, 2.24) is 0 Å². The fourth-order valence-electron chi connectivity index (χ4n) is 2.52. The number of aryl methyl sites for hydroxylation is 1. The first-order valence-electron chi connectivity index (χ1n) is 7.81. The Balaban J connectivity index is 2.17. The van der Waals surface area contributed by atoms with Crippen LogP contribution in [0.3, 0.4) is 0 Å². The summed E-state index contributed by atoms with van der Waals surface area (Å²) >= 11 is 1.05. The van der Waals surface area contributed by atoms with E-state index < -0.39 is 21.8 Å². The van der Waals surface area contributed by atoms with E-state index in [1.165, 1.54) is 12.1 Å². The van der Waals surface area contributed by atoms with E-state index >= 15 is 0 Å². The van der Waals surface area contributed by atoms with Gasteiger partial charge in [0.15, 0.2) is 0 Å². The van der Waals surface area contributed by atoms with Crippen LogP contribution in [-0.4, -0.2) is 21.0 Å². The van der Waals surface area contributed by atoms with E-state index in [4.69, 9.17) is 4.74 Å². The fraction of sp³-hybridized carbons (Fsp3) is 0.167. The number of esters is 1. The lowest BCUT2D eigenvalue weighted by Crippen LogP contribution is -2.17. The van der Waals surface area contributed by atoms with Crippen LogP contribution in [0.15, 0.2) is 47.4 Å². The van der Waals surface area contributed by atoms with Gasteiger partial charge in [0.1, 0.15) is 15.6 Å². The second-order valence-electron chi connectivity index (χ2n) is 5.54. The van der Waals surface area contributed by atoms with Crippen molar-refractivity contribution >= 4 is 43.1 Å². The molecule has 0 atom stereocenters. The van der Waals surface area contributed by atoms with Gasteiger partial charge in [-0.25, -0.2) is 17.6 Å². The molecule has 3 rings (SSSR count). The second kappa shape index (κ2) is 7.05. The largest absolute Gasteiger partial charge is 0.462 e. The predicted molar refractivity (Wildman–Crippen MR) is 99.7 cm³/mol. The van der Waals surface area contributed by atoms with Crippen molar-refractivity contribution in [3.05, 3.63) is 58.7 Å². The van der Waals surface area contributed by atoms with Gasteiger partial charge < -0.3 is 4.74 Å². The minimum absolute atomic E-state index is 0.00499. The predicted octanol–water partition coefficient (Wildman–Crippen LogP) is 4.33. The molecule has 0 aliphatic heterocycles. The number of benzene rings is 2. The van der Waals surface area contributed by atoms with Crippen molar-refractivity contribution in [3.8, 4) is 0 Å². The number of halogens is 1. The first-order valence-corrected chi connectivity index (χ1v) is 10.1. The lowest BCUT2D eigenvalue weighted by molar-refractivity contribution is 0.0528. The number of thiophene rings is 1. The van der Waals surface area contributed by atoms with Crippen molar-refractivity contribution < 1.29 is 22.3 Å². The van der Waals surface area contributed by atoms with E-state index in [-0.39, 0.29) is 22.1 Å². The summed E-state index contributed by atoms with van der Waals surface area (Å²) in [5, 5.41) is 0.419. The van der Waals surface area contributed by atoms with Crippen LogP contribution in [-0.2, 0) is 14.8 Å². The molecule has 0 bridgehead atoms. The molecule has 8 heteroatoms. The number of carbonyl (C=O) groups is 1. The SMILES string of the molecule is CCOC(=O)c1sc2ccccc2c1S(=O)(=O)Nc1cc(F)ccc1C. The van der Waals surface area contributed by atoms with Gasteiger partial charge in [0.05, 0.1) is 12.3 Å². The van der Waals surface area contributed by atoms with Crippen molar-refractivity contribution in [2.75, 3.05) is 11.3 Å². The Morgan fingerprint density at radius 1 is 1.23 bits per heavy atom. The van der Waals surface area contributed by atoms with Crippen molar-refractivity contribution in [1.29, 1.82) is 0 Å². The number of carbonyl (C=O) groups excluding carboxylic acids is 1. The monoisotopic (exact) mass is 393 g/mol. The first-order chi connectivity index (χ1) is 12.3. The Labute approximate surface area is 154 Å². The molecule has 0 spiro atoms. The van der Waals surface area contributed by atoms with Crippen LogP contribution in [0.2, 0.25) is 0 Å². The molecule has 0 radical (unpaired) electrons. The van der Waals surface area contributed by atoms with Crippen molar-refractivity contribution in [2.24, 2.45) is 0 Å². The summed E-state index contributed by atoms with van der Waals surface area (Å²) in [6.45, 7) is 3.44. The molecule has 5 nitrogen and oxygen atoms in total. The Morgan fingerprint density at radius 3 is 2.69 bits per heavy atom. The zero-order valence-electron chi connectivity index (χ0n) is 14.1. The van der Waals surface area contributed by atoms with Crippen LogP contribution in [0.25, 0.3) is 10.1 Å². The summed E-state index contributed by atoms with van der Waals surface area (Å²) in [7, 11) is -4.14. The van der Waals surface area contributed by atoms with Crippen LogP contribution >= 0.6 is 11.3 Å². The molecular weight excluding hydrogens is 377 g/mol. The number of ether oxygens (including phenoxy) is 1. The Hall–Kier alpha value is -2.45. The molecule has 1 N–H and O–H groups in total. The van der Waals surface area contributed by atoms with Crippen molar-refractivity contribution in [2.45, 2.75) is 18.7 Å². The second-order valence-corrected chi connectivity index (χ2v) is 8.21. The summed E-state index contributed by atoms with van der Waals surface area (Å²) in [6, 6.07) is 10.6. The Bertz CT molecular complexity index is 1090. The molecule has 2 aromatic carbocycles. The molecule has 0 aliphatic rings. The van der Waals surface area contributed by atoms with Gasteiger partial charge in [-0.3, -0.25) is 4.72 Å². The molecule has 1 aromatic heterocycles. The van der Waals surface area contributed by atoms with Gasteiger partial charge in [-0.05, 0) is 37.6 Å². The first kappa shape index (κ1) is 18.3. The average Bonchev–Trinajstić information content (AvgIpc) is 2.99. The van der Waals surface area contributed by atoms with Crippen LogP contribution in [0.5, 0.6) is 0 Å². The third kappa shape index (κ3) is 3.42. The third-order valence-corrected chi connectivity index (χ3v) is 6.45. The highest BCUT2D eigenvalue weighted by Gasteiger charge is 2.29. The normalized spacial score (nSPS) is 11.5. The minimum atomic E-state index is -4.14. The van der Waals surface area contributed by atoms with E-state index in [0.717, 1.165) is 17.4 Å². The maximum absolute atomic E-state index is 13.5. The zero-order chi connectivity index (χ0) is 18.9. The van der Waals surface area contributed by atoms with Gasteiger partial charge in [0.25, 0.3) is 10.0 Å². The van der Waals surface area contributed by atoms with Gasteiger partial charge in [0, 0.05) is 10.1 Å². The van der Waals surface area contributed by atoms with Crippen LogP contribution in [0.1, 0.15) is 22.2 Å². The molecule has 0 fully saturated rings. The smallest absolute Gasteiger partial charge is 0.349 e. The molecule has 3 aromatic rings. The number of rotatable bonds is 5. The summed E-state index contributed by atoms with van der Waals surface area (Å²) in [5.74, 6) is -1.26. The number of anilines is 1. The summed E-state index contributed by atoms with van der Waals surface area (Å²) in [4.78, 5) is 12.1. The third-order valence-electron chi connectivity index (χ3n) is 3.72. The number of fused-ring (bicyclic) bond motifs is 1. The van der Waals surface area contributed by atoms with Crippen molar-refractivity contribution in [3.63, 3.8) is 0 Å². The number of hydrogen-bond acceptors (Lipinski definition) is 5. The lowest BCUT2D eigenvalue weighted by Gasteiger charge is -2.11. The Morgan fingerprint density at radius 2 is 1.96 bits per heavy atom. The average molecular weight is 393 g/mol. The number of sulfonamides is 1. The summed E-state index contributed by atoms with van der Waals surface area (Å²) < 4.78 is 47.6. The molecule has 136 valence electrons. The van der Waals surface area contributed by atoms with E-state index in [9.17, 15) is 17.6 Å². The topological polar surface area (TPSA) is 72.5 Å². The molecule has 0 aliphatic carbocycles. The zero-order valence-corrected chi connectivity index (χ0v) is 15.7. The quantitative estimate of drug-likeness (QED) is 0.655. The van der Waals surface area contributed by atoms with Gasteiger partial charge in [-0.1, -0.05) is 24.3 Å². The highest BCUT2D eigenvalue weighted by molar-refractivity contribution is 7.93.